The second-order valence-corrected chi connectivity index (χ2v) is 16.4. The fourth-order valence-corrected chi connectivity index (χ4v) is 13.4. The fourth-order valence-electron chi connectivity index (χ4n) is 10.00. The average Bonchev–Trinajstić information content (AvgIpc) is 2.58. The van der Waals surface area contributed by atoms with Crippen LogP contribution < -0.4 is 0 Å². The first-order chi connectivity index (χ1) is 13.8. The quantitative estimate of drug-likeness (QED) is 0.257. The van der Waals surface area contributed by atoms with Gasteiger partial charge in [0.2, 0.25) is 0 Å². The Morgan fingerprint density at radius 1 is 0.690 bits per heavy atom. The summed E-state index contributed by atoms with van der Waals surface area (Å²) in [5.41, 5.74) is 0.511. The summed E-state index contributed by atoms with van der Waals surface area (Å²) in [7, 11) is -0.936. The zero-order valence-electron chi connectivity index (χ0n) is 19.2. The third kappa shape index (κ3) is 3.69. The highest BCUT2D eigenvalue weighted by atomic mass is 28.3. The van der Waals surface area contributed by atoms with Crippen LogP contribution in [0.1, 0.15) is 104 Å². The predicted molar refractivity (Wildman–Crippen MR) is 119 cm³/mol. The number of rotatable bonds is 6. The van der Waals surface area contributed by atoms with Crippen LogP contribution in [0.15, 0.2) is 0 Å². The molecule has 0 aliphatic heterocycles. The monoisotopic (exact) mass is 415 g/mol. The highest BCUT2D eigenvalue weighted by molar-refractivity contribution is 6.55. The second kappa shape index (κ2) is 6.82. The highest BCUT2D eigenvalue weighted by Crippen LogP contribution is 2.67. The normalized spacial score (nSPS) is 50.1. The van der Waals surface area contributed by atoms with E-state index in [1.54, 1.807) is 38.5 Å². The molecule has 0 aromatic heterocycles. The van der Waals surface area contributed by atoms with E-state index in [0.717, 1.165) is 35.5 Å². The molecule has 0 amide bonds. The molecular formula is C26H43O2Si. The maximum atomic E-state index is 6.56. The van der Waals surface area contributed by atoms with Crippen molar-refractivity contribution < 1.29 is 9.46 Å². The SMILES string of the molecule is CC(C)(C)OO[Si](CCC12CC3CC(CC(C3)C1)C2)C12CC3CC(CC(C3)C1)C2. The molecule has 3 heteroatoms. The van der Waals surface area contributed by atoms with Crippen LogP contribution in [-0.4, -0.2) is 14.6 Å². The smallest absolute Gasteiger partial charge is 0.267 e. The lowest BCUT2D eigenvalue weighted by Gasteiger charge is -2.59. The van der Waals surface area contributed by atoms with E-state index < -0.39 is 9.04 Å². The Labute approximate surface area is 180 Å². The molecule has 0 aromatic rings. The number of hydrogen-bond acceptors (Lipinski definition) is 2. The van der Waals surface area contributed by atoms with Crippen LogP contribution in [0.3, 0.4) is 0 Å². The average molecular weight is 416 g/mol. The van der Waals surface area contributed by atoms with Gasteiger partial charge in [0.1, 0.15) is 0 Å². The first kappa shape index (κ1) is 19.8. The lowest BCUT2D eigenvalue weighted by Crippen LogP contribution is -2.51. The molecule has 8 aliphatic carbocycles. The zero-order valence-corrected chi connectivity index (χ0v) is 20.2. The first-order valence-electron chi connectivity index (χ1n) is 13.0. The third-order valence-corrected chi connectivity index (χ3v) is 12.9. The van der Waals surface area contributed by atoms with E-state index in [4.69, 9.17) is 9.46 Å². The van der Waals surface area contributed by atoms with Crippen LogP contribution >= 0.6 is 0 Å². The molecule has 1 radical (unpaired) electrons. The molecule has 8 bridgehead atoms. The van der Waals surface area contributed by atoms with Crippen LogP contribution in [0.5, 0.6) is 0 Å². The van der Waals surface area contributed by atoms with Gasteiger partial charge in [0, 0.05) is 0 Å². The van der Waals surface area contributed by atoms with E-state index in [1.165, 1.54) is 51.0 Å². The van der Waals surface area contributed by atoms with Crippen molar-refractivity contribution in [3.63, 3.8) is 0 Å². The van der Waals surface area contributed by atoms with Gasteiger partial charge in [-0.3, -0.25) is 4.58 Å². The Morgan fingerprint density at radius 2 is 1.10 bits per heavy atom. The molecule has 0 saturated heterocycles. The summed E-state index contributed by atoms with van der Waals surface area (Å²) in [6.07, 6.45) is 19.8. The summed E-state index contributed by atoms with van der Waals surface area (Å²) in [6, 6.07) is 1.36. The Bertz CT molecular complexity index is 565. The first-order valence-corrected chi connectivity index (χ1v) is 14.6. The van der Waals surface area contributed by atoms with Crippen LogP contribution in [0.2, 0.25) is 11.1 Å². The predicted octanol–water partition coefficient (Wildman–Crippen LogP) is 7.30. The Kier molecular flexibility index (Phi) is 4.65. The molecule has 29 heavy (non-hydrogen) atoms. The van der Waals surface area contributed by atoms with Crippen molar-refractivity contribution in [2.45, 2.75) is 121 Å². The topological polar surface area (TPSA) is 18.5 Å². The molecule has 0 heterocycles. The minimum absolute atomic E-state index is 0.182. The van der Waals surface area contributed by atoms with Crippen molar-refractivity contribution in [3.05, 3.63) is 0 Å². The van der Waals surface area contributed by atoms with Crippen molar-refractivity contribution >= 4 is 9.04 Å². The van der Waals surface area contributed by atoms with E-state index >= 15 is 0 Å². The molecule has 8 saturated carbocycles. The van der Waals surface area contributed by atoms with Gasteiger partial charge < -0.3 is 0 Å². The molecule has 8 aliphatic rings. The van der Waals surface area contributed by atoms with Crippen molar-refractivity contribution in [2.75, 3.05) is 0 Å². The third-order valence-electron chi connectivity index (χ3n) is 10.1. The van der Waals surface area contributed by atoms with Crippen LogP contribution in [-0.2, 0) is 9.46 Å². The molecule has 0 N–H and O–H groups in total. The van der Waals surface area contributed by atoms with E-state index in [1.807, 2.05) is 0 Å². The minimum Gasteiger partial charge on any atom is -0.286 e. The lowest BCUT2D eigenvalue weighted by molar-refractivity contribution is -0.285. The van der Waals surface area contributed by atoms with Gasteiger partial charge in [0.05, 0.1) is 5.60 Å². The summed E-state index contributed by atoms with van der Waals surface area (Å²) >= 11 is 0. The maximum absolute atomic E-state index is 6.56. The Morgan fingerprint density at radius 3 is 1.52 bits per heavy atom. The summed E-state index contributed by atoms with van der Waals surface area (Å²) < 4.78 is 6.56. The molecule has 8 rings (SSSR count). The minimum atomic E-state index is -0.936. The second-order valence-electron chi connectivity index (χ2n) is 13.8. The molecule has 0 unspecified atom stereocenters. The highest BCUT2D eigenvalue weighted by Gasteiger charge is 2.58. The van der Waals surface area contributed by atoms with Gasteiger partial charge in [-0.25, -0.2) is 4.89 Å². The van der Waals surface area contributed by atoms with Gasteiger partial charge in [-0.15, -0.1) is 0 Å². The molecule has 2 nitrogen and oxygen atoms in total. The van der Waals surface area contributed by atoms with Gasteiger partial charge in [-0.1, -0.05) is 0 Å². The maximum Gasteiger partial charge on any atom is 0.267 e. The largest absolute Gasteiger partial charge is 0.286 e. The Hall–Kier alpha value is 0.137. The summed E-state index contributed by atoms with van der Waals surface area (Å²) in [6.45, 7) is 6.47. The number of hydrogen-bond donors (Lipinski definition) is 0. The fraction of sp³-hybridized carbons (Fsp3) is 1.00. The van der Waals surface area contributed by atoms with Crippen molar-refractivity contribution in [1.82, 2.24) is 0 Å². The van der Waals surface area contributed by atoms with Crippen LogP contribution in [0, 0.1) is 40.9 Å². The van der Waals surface area contributed by atoms with Crippen molar-refractivity contribution in [2.24, 2.45) is 40.9 Å². The summed E-state index contributed by atoms with van der Waals surface area (Å²) in [4.78, 5) is 6.10. The zero-order chi connectivity index (χ0) is 19.9. The molecule has 0 aromatic carbocycles. The molecular weight excluding hydrogens is 372 g/mol. The van der Waals surface area contributed by atoms with Gasteiger partial charge >= 0.3 is 0 Å². The summed E-state index contributed by atoms with van der Waals surface area (Å²) in [5, 5.41) is 0.535. The molecule has 0 spiro atoms. The van der Waals surface area contributed by atoms with Gasteiger partial charge in [-0.05, 0) is 156 Å². The Balaban J connectivity index is 1.20. The molecule has 0 atom stereocenters. The van der Waals surface area contributed by atoms with Gasteiger partial charge in [0.15, 0.2) is 0 Å². The van der Waals surface area contributed by atoms with E-state index in [9.17, 15) is 0 Å². The molecule has 163 valence electrons. The molecule has 8 fully saturated rings. The van der Waals surface area contributed by atoms with E-state index in [2.05, 4.69) is 20.8 Å². The van der Waals surface area contributed by atoms with Gasteiger partial charge in [0.25, 0.3) is 9.04 Å². The summed E-state index contributed by atoms with van der Waals surface area (Å²) in [5.74, 6) is 6.26. The van der Waals surface area contributed by atoms with E-state index in [-0.39, 0.29) is 5.60 Å². The van der Waals surface area contributed by atoms with E-state index in [0.29, 0.717) is 10.5 Å². The van der Waals surface area contributed by atoms with Crippen molar-refractivity contribution in [3.8, 4) is 0 Å². The lowest BCUT2D eigenvalue weighted by atomic mass is 9.49. The van der Waals surface area contributed by atoms with Crippen LogP contribution in [0.4, 0.5) is 0 Å². The van der Waals surface area contributed by atoms with Gasteiger partial charge in [-0.2, -0.15) is 0 Å². The van der Waals surface area contributed by atoms with Crippen LogP contribution in [0.25, 0.3) is 0 Å². The van der Waals surface area contributed by atoms with Crippen molar-refractivity contribution in [1.29, 1.82) is 0 Å². The standard InChI is InChI=1S/C26H43O2Si/c1-24(2,3)27-28-29(26-15-21-9-22(16-26)11-23(10-21)17-26)5-4-25-12-18-6-19(13-25)8-20(7-18)14-25/h18-23H,4-17H2,1-3H3.